The van der Waals surface area contributed by atoms with Crippen molar-refractivity contribution in [3.8, 4) is 0 Å². The first-order chi connectivity index (χ1) is 10.5. The first-order valence-corrected chi connectivity index (χ1v) is 8.54. The molecule has 1 aliphatic heterocycles. The van der Waals surface area contributed by atoms with Gasteiger partial charge in [0, 0.05) is 18.1 Å². The predicted octanol–water partition coefficient (Wildman–Crippen LogP) is 1.86. The molecule has 22 heavy (non-hydrogen) atoms. The maximum absolute atomic E-state index is 12.9. The van der Waals surface area contributed by atoms with E-state index in [2.05, 4.69) is 4.98 Å². The Hall–Kier alpha value is -1.99. The second-order valence-corrected chi connectivity index (χ2v) is 7.16. The average Bonchev–Trinajstić information content (AvgIpc) is 2.54. The number of aromatic nitrogens is 1. The van der Waals surface area contributed by atoms with Crippen molar-refractivity contribution in [2.24, 2.45) is 0 Å². The van der Waals surface area contributed by atoms with Gasteiger partial charge in [-0.05, 0) is 31.4 Å². The third-order valence-electron chi connectivity index (χ3n) is 3.92. The van der Waals surface area contributed by atoms with Crippen LogP contribution in [0.15, 0.2) is 41.4 Å². The second-order valence-electron chi connectivity index (χ2n) is 5.30. The lowest BCUT2D eigenvalue weighted by atomic mass is 10.1. The van der Waals surface area contributed by atoms with Crippen molar-refractivity contribution in [2.75, 3.05) is 6.54 Å². The summed E-state index contributed by atoms with van der Waals surface area (Å²) in [5.74, 6) is -1.10. The Morgan fingerprint density at radius 2 is 2.00 bits per heavy atom. The number of fused-ring (bicyclic) bond motifs is 1. The summed E-state index contributed by atoms with van der Waals surface area (Å²) in [4.78, 5) is 15.6. The number of carbonyl (C=O) groups is 1. The number of nitrogens with zero attached hydrogens (tertiary/aromatic N) is 2. The van der Waals surface area contributed by atoms with Gasteiger partial charge < -0.3 is 5.11 Å². The molecule has 3 rings (SSSR count). The van der Waals surface area contributed by atoms with Crippen molar-refractivity contribution in [1.29, 1.82) is 0 Å². The van der Waals surface area contributed by atoms with Gasteiger partial charge in [-0.25, -0.2) is 8.42 Å². The number of benzene rings is 1. The van der Waals surface area contributed by atoms with Gasteiger partial charge >= 0.3 is 5.97 Å². The van der Waals surface area contributed by atoms with Gasteiger partial charge in [0.1, 0.15) is 10.9 Å². The number of hydrogen-bond donors (Lipinski definition) is 1. The molecule has 1 saturated heterocycles. The summed E-state index contributed by atoms with van der Waals surface area (Å²) in [7, 11) is -3.89. The van der Waals surface area contributed by atoms with Crippen LogP contribution in [0.1, 0.15) is 19.3 Å². The van der Waals surface area contributed by atoms with Gasteiger partial charge in [-0.1, -0.05) is 18.2 Å². The normalized spacial score (nSPS) is 20.1. The molecule has 0 bridgehead atoms. The highest BCUT2D eigenvalue weighted by Crippen LogP contribution is 2.29. The number of piperidine rings is 1. The minimum Gasteiger partial charge on any atom is -0.480 e. The van der Waals surface area contributed by atoms with Crippen molar-refractivity contribution in [3.63, 3.8) is 0 Å². The van der Waals surface area contributed by atoms with Crippen LogP contribution in [0.3, 0.4) is 0 Å². The van der Waals surface area contributed by atoms with E-state index in [1.54, 1.807) is 24.3 Å². The first kappa shape index (κ1) is 14.9. The molecule has 2 heterocycles. The van der Waals surface area contributed by atoms with Gasteiger partial charge in [0.2, 0.25) is 10.0 Å². The number of para-hydroxylation sites is 1. The van der Waals surface area contributed by atoms with Gasteiger partial charge in [-0.15, -0.1) is 0 Å². The molecular weight excluding hydrogens is 304 g/mol. The van der Waals surface area contributed by atoms with Crippen molar-refractivity contribution in [1.82, 2.24) is 9.29 Å². The molecule has 6 nitrogen and oxygen atoms in total. The maximum Gasteiger partial charge on any atom is 0.322 e. The van der Waals surface area contributed by atoms with E-state index in [1.165, 1.54) is 12.3 Å². The number of carboxylic acids is 1. The highest BCUT2D eigenvalue weighted by molar-refractivity contribution is 7.89. The molecule has 2 aromatic rings. The quantitative estimate of drug-likeness (QED) is 0.932. The minimum absolute atomic E-state index is 0.0683. The third-order valence-corrected chi connectivity index (χ3v) is 5.86. The largest absolute Gasteiger partial charge is 0.480 e. The Labute approximate surface area is 128 Å². The molecule has 0 aliphatic carbocycles. The summed E-state index contributed by atoms with van der Waals surface area (Å²) in [5, 5.41) is 10.0. The average molecular weight is 320 g/mol. The Balaban J connectivity index is 2.13. The molecule has 0 saturated carbocycles. The minimum atomic E-state index is -3.89. The van der Waals surface area contributed by atoms with Gasteiger partial charge in [-0.3, -0.25) is 9.78 Å². The zero-order valence-electron chi connectivity index (χ0n) is 11.8. The van der Waals surface area contributed by atoms with Crippen LogP contribution in [0, 0.1) is 0 Å². The molecule has 1 aromatic carbocycles. The van der Waals surface area contributed by atoms with Crippen LogP contribution in [-0.4, -0.2) is 41.4 Å². The van der Waals surface area contributed by atoms with Crippen molar-refractivity contribution in [3.05, 3.63) is 36.5 Å². The van der Waals surface area contributed by atoms with Crippen LogP contribution in [0.5, 0.6) is 0 Å². The van der Waals surface area contributed by atoms with Crippen molar-refractivity contribution < 1.29 is 18.3 Å². The number of pyridine rings is 1. The van der Waals surface area contributed by atoms with Crippen LogP contribution in [0.25, 0.3) is 10.9 Å². The molecule has 1 atom stereocenters. The predicted molar refractivity (Wildman–Crippen MR) is 80.9 cm³/mol. The van der Waals surface area contributed by atoms with Gasteiger partial charge in [0.25, 0.3) is 0 Å². The Morgan fingerprint density at radius 1 is 1.23 bits per heavy atom. The summed E-state index contributed by atoms with van der Waals surface area (Å²) in [6.45, 7) is 0.225. The van der Waals surface area contributed by atoms with Crippen molar-refractivity contribution >= 4 is 26.9 Å². The molecular formula is C15H16N2O4S. The van der Waals surface area contributed by atoms with E-state index < -0.39 is 22.0 Å². The number of carboxylic acid groups (broad SMARTS) is 1. The number of rotatable bonds is 3. The first-order valence-electron chi connectivity index (χ1n) is 7.10. The topological polar surface area (TPSA) is 87.6 Å². The standard InChI is InChI=1S/C15H16N2O4S/c18-15(19)12-7-1-2-10-17(12)22(20,21)13-8-3-5-11-6-4-9-16-14(11)13/h3-6,8-9,12H,1-2,7,10H2,(H,18,19). The fourth-order valence-electron chi connectivity index (χ4n) is 2.85. The molecule has 1 unspecified atom stereocenters. The molecule has 0 radical (unpaired) electrons. The van der Waals surface area contributed by atoms with Crippen LogP contribution in [0.4, 0.5) is 0 Å². The van der Waals surface area contributed by atoms with E-state index in [0.717, 1.165) is 10.7 Å². The molecule has 116 valence electrons. The van der Waals surface area contributed by atoms with E-state index in [-0.39, 0.29) is 11.4 Å². The smallest absolute Gasteiger partial charge is 0.322 e. The van der Waals surface area contributed by atoms with Crippen LogP contribution in [-0.2, 0) is 14.8 Å². The SMILES string of the molecule is O=C(O)C1CCCCN1S(=O)(=O)c1cccc2cccnc12. The zero-order chi connectivity index (χ0) is 15.7. The molecule has 0 spiro atoms. The molecule has 1 aromatic heterocycles. The summed E-state index contributed by atoms with van der Waals surface area (Å²) in [5.41, 5.74) is 0.375. The third kappa shape index (κ3) is 2.46. The Bertz CT molecular complexity index is 814. The van der Waals surface area contributed by atoms with E-state index >= 15 is 0 Å². The Kier molecular flexibility index (Phi) is 3.84. The summed E-state index contributed by atoms with van der Waals surface area (Å²) >= 11 is 0. The highest BCUT2D eigenvalue weighted by atomic mass is 32.2. The molecule has 0 amide bonds. The van der Waals surface area contributed by atoms with E-state index in [1.807, 2.05) is 0 Å². The summed E-state index contributed by atoms with van der Waals surface area (Å²) in [6.07, 6.45) is 3.26. The van der Waals surface area contributed by atoms with Crippen molar-refractivity contribution in [2.45, 2.75) is 30.2 Å². The number of aliphatic carboxylic acids is 1. The lowest BCUT2D eigenvalue weighted by Gasteiger charge is -2.32. The van der Waals surface area contributed by atoms with Crippen LogP contribution >= 0.6 is 0 Å². The van der Waals surface area contributed by atoms with E-state index in [0.29, 0.717) is 23.7 Å². The summed E-state index contributed by atoms with van der Waals surface area (Å²) in [6, 6.07) is 7.44. The number of hydrogen-bond acceptors (Lipinski definition) is 4. The lowest BCUT2D eigenvalue weighted by Crippen LogP contribution is -2.47. The number of sulfonamides is 1. The molecule has 7 heteroatoms. The zero-order valence-corrected chi connectivity index (χ0v) is 12.7. The Morgan fingerprint density at radius 3 is 2.77 bits per heavy atom. The second kappa shape index (κ2) is 5.66. The van der Waals surface area contributed by atoms with E-state index in [4.69, 9.17) is 0 Å². The van der Waals surface area contributed by atoms with Gasteiger partial charge in [-0.2, -0.15) is 4.31 Å². The van der Waals surface area contributed by atoms with Gasteiger partial charge in [0.05, 0.1) is 5.52 Å². The molecule has 1 aliphatic rings. The fourth-order valence-corrected chi connectivity index (χ4v) is 4.67. The van der Waals surface area contributed by atoms with E-state index in [9.17, 15) is 18.3 Å². The van der Waals surface area contributed by atoms with Crippen LogP contribution < -0.4 is 0 Å². The molecule has 1 fully saturated rings. The maximum atomic E-state index is 12.9. The van der Waals surface area contributed by atoms with Gasteiger partial charge in [0.15, 0.2) is 0 Å². The van der Waals surface area contributed by atoms with Crippen LogP contribution in [0.2, 0.25) is 0 Å². The molecule has 1 N–H and O–H groups in total. The fraction of sp³-hybridized carbons (Fsp3) is 0.333. The monoisotopic (exact) mass is 320 g/mol. The lowest BCUT2D eigenvalue weighted by molar-refractivity contribution is -0.142. The highest BCUT2D eigenvalue weighted by Gasteiger charge is 2.38. The summed E-state index contributed by atoms with van der Waals surface area (Å²) < 4.78 is 27.0.